The lowest BCUT2D eigenvalue weighted by molar-refractivity contribution is 0.0941. The van der Waals surface area contributed by atoms with E-state index >= 15 is 0 Å². The fourth-order valence-electron chi connectivity index (χ4n) is 2.32. The molecule has 0 spiro atoms. The fraction of sp³-hybridized carbons (Fsp3) is 0.222. The molecule has 0 fully saturated rings. The lowest BCUT2D eigenvalue weighted by atomic mass is 10.1. The molecule has 1 atom stereocenters. The predicted molar refractivity (Wildman–Crippen MR) is 86.7 cm³/mol. The van der Waals surface area contributed by atoms with Crippen LogP contribution in [0.5, 0.6) is 0 Å². The maximum Gasteiger partial charge on any atom is 0.252 e. The quantitative estimate of drug-likeness (QED) is 0.790. The molecule has 22 heavy (non-hydrogen) atoms. The van der Waals surface area contributed by atoms with E-state index in [2.05, 4.69) is 10.3 Å². The second-order valence-corrected chi connectivity index (χ2v) is 5.33. The average molecular weight is 294 g/mol. The summed E-state index contributed by atoms with van der Waals surface area (Å²) in [5.74, 6) is 0.573. The van der Waals surface area contributed by atoms with E-state index in [9.17, 15) is 4.79 Å². The number of amides is 1. The predicted octanol–water partition coefficient (Wildman–Crippen LogP) is 4.02. The first-order chi connectivity index (χ1) is 10.7. The van der Waals surface area contributed by atoms with Crippen molar-refractivity contribution < 1.29 is 9.21 Å². The number of fused-ring (bicyclic) bond motifs is 1. The van der Waals surface area contributed by atoms with Crippen molar-refractivity contribution in [2.75, 3.05) is 0 Å². The number of benzene rings is 1. The molecule has 1 aromatic carbocycles. The highest BCUT2D eigenvalue weighted by molar-refractivity contribution is 6.07. The van der Waals surface area contributed by atoms with Gasteiger partial charge in [-0.1, -0.05) is 25.1 Å². The minimum atomic E-state index is -0.0826. The van der Waals surface area contributed by atoms with Crippen LogP contribution in [0, 0.1) is 0 Å². The van der Waals surface area contributed by atoms with Crippen molar-refractivity contribution in [3.05, 3.63) is 54.3 Å². The second kappa shape index (κ2) is 6.02. The second-order valence-electron chi connectivity index (χ2n) is 5.33. The Morgan fingerprint density at radius 2 is 2.09 bits per heavy atom. The lowest BCUT2D eigenvalue weighted by Crippen LogP contribution is -2.32. The molecule has 0 saturated heterocycles. The first-order valence-electron chi connectivity index (χ1n) is 7.43. The van der Waals surface area contributed by atoms with Crippen LogP contribution in [0.3, 0.4) is 0 Å². The molecule has 0 aliphatic carbocycles. The summed E-state index contributed by atoms with van der Waals surface area (Å²) in [6, 6.07) is 13.2. The van der Waals surface area contributed by atoms with Gasteiger partial charge in [0.15, 0.2) is 5.76 Å². The van der Waals surface area contributed by atoms with E-state index in [4.69, 9.17) is 4.42 Å². The number of carbonyl (C=O) groups is 1. The number of para-hydroxylation sites is 1. The number of rotatable bonds is 4. The zero-order chi connectivity index (χ0) is 15.5. The molecule has 0 aliphatic rings. The molecule has 0 unspecified atom stereocenters. The largest absolute Gasteiger partial charge is 0.463 e. The highest BCUT2D eigenvalue weighted by Crippen LogP contribution is 2.25. The van der Waals surface area contributed by atoms with Crippen molar-refractivity contribution >= 4 is 16.8 Å². The third-order valence-corrected chi connectivity index (χ3v) is 3.72. The monoisotopic (exact) mass is 294 g/mol. The van der Waals surface area contributed by atoms with Gasteiger partial charge in [0, 0.05) is 11.4 Å². The standard InChI is InChI=1S/C18H18N2O2/c1-3-12(2)19-18(21)14-11-16(17-9-6-10-22-17)20-15-8-5-4-7-13(14)15/h4-12H,3H2,1-2H3,(H,19,21)/t12-/m1/s1. The van der Waals surface area contributed by atoms with Crippen LogP contribution in [0.4, 0.5) is 0 Å². The van der Waals surface area contributed by atoms with Crippen molar-refractivity contribution in [3.8, 4) is 11.5 Å². The molecule has 4 nitrogen and oxygen atoms in total. The molecule has 0 saturated carbocycles. The number of carbonyl (C=O) groups excluding carboxylic acids is 1. The van der Waals surface area contributed by atoms with Crippen LogP contribution in [0.2, 0.25) is 0 Å². The number of nitrogens with one attached hydrogen (secondary N) is 1. The summed E-state index contributed by atoms with van der Waals surface area (Å²) in [6.45, 7) is 4.04. The van der Waals surface area contributed by atoms with Crippen molar-refractivity contribution in [3.63, 3.8) is 0 Å². The van der Waals surface area contributed by atoms with E-state index in [1.165, 1.54) is 0 Å². The van der Waals surface area contributed by atoms with E-state index < -0.39 is 0 Å². The van der Waals surface area contributed by atoms with E-state index in [0.29, 0.717) is 17.0 Å². The summed E-state index contributed by atoms with van der Waals surface area (Å²) >= 11 is 0. The van der Waals surface area contributed by atoms with Crippen LogP contribution in [-0.2, 0) is 0 Å². The molecule has 2 aromatic heterocycles. The highest BCUT2D eigenvalue weighted by Gasteiger charge is 2.15. The van der Waals surface area contributed by atoms with Crippen molar-refractivity contribution in [2.24, 2.45) is 0 Å². The summed E-state index contributed by atoms with van der Waals surface area (Å²) in [5, 5.41) is 3.86. The summed E-state index contributed by atoms with van der Waals surface area (Å²) in [4.78, 5) is 17.2. The molecule has 112 valence electrons. The normalized spacial score (nSPS) is 12.3. The minimum absolute atomic E-state index is 0.0826. The Bertz CT molecular complexity index is 794. The first kappa shape index (κ1) is 14.3. The van der Waals surface area contributed by atoms with Gasteiger partial charge in [-0.15, -0.1) is 0 Å². The third kappa shape index (κ3) is 2.72. The van der Waals surface area contributed by atoms with E-state index in [1.807, 2.05) is 50.2 Å². The number of nitrogens with zero attached hydrogens (tertiary/aromatic N) is 1. The van der Waals surface area contributed by atoms with Crippen molar-refractivity contribution in [2.45, 2.75) is 26.3 Å². The van der Waals surface area contributed by atoms with Crippen LogP contribution in [0.1, 0.15) is 30.6 Å². The van der Waals surface area contributed by atoms with Gasteiger partial charge < -0.3 is 9.73 Å². The molecule has 0 radical (unpaired) electrons. The van der Waals surface area contributed by atoms with Crippen LogP contribution < -0.4 is 5.32 Å². The van der Waals surface area contributed by atoms with Gasteiger partial charge in [-0.3, -0.25) is 4.79 Å². The Morgan fingerprint density at radius 3 is 2.82 bits per heavy atom. The Kier molecular flexibility index (Phi) is 3.92. The molecular weight excluding hydrogens is 276 g/mol. The van der Waals surface area contributed by atoms with Crippen molar-refractivity contribution in [1.29, 1.82) is 0 Å². The minimum Gasteiger partial charge on any atom is -0.463 e. The van der Waals surface area contributed by atoms with Gasteiger partial charge in [0.1, 0.15) is 5.69 Å². The number of pyridine rings is 1. The summed E-state index contributed by atoms with van der Waals surface area (Å²) in [5.41, 5.74) is 2.07. The first-order valence-corrected chi connectivity index (χ1v) is 7.43. The van der Waals surface area contributed by atoms with Crippen LogP contribution in [-0.4, -0.2) is 16.9 Å². The molecule has 2 heterocycles. The Morgan fingerprint density at radius 1 is 1.27 bits per heavy atom. The molecular formula is C18H18N2O2. The smallest absolute Gasteiger partial charge is 0.252 e. The van der Waals surface area contributed by atoms with Gasteiger partial charge in [-0.25, -0.2) is 4.98 Å². The maximum atomic E-state index is 12.6. The zero-order valence-corrected chi connectivity index (χ0v) is 12.7. The van der Waals surface area contributed by atoms with Gasteiger partial charge >= 0.3 is 0 Å². The SMILES string of the molecule is CC[C@@H](C)NC(=O)c1cc(-c2ccco2)nc2ccccc12. The van der Waals surface area contributed by atoms with Crippen LogP contribution in [0.25, 0.3) is 22.4 Å². The number of aromatic nitrogens is 1. The topological polar surface area (TPSA) is 55.1 Å². The zero-order valence-electron chi connectivity index (χ0n) is 12.7. The Labute approximate surface area is 129 Å². The molecule has 3 rings (SSSR count). The summed E-state index contributed by atoms with van der Waals surface area (Å²) in [7, 11) is 0. The molecule has 0 aliphatic heterocycles. The third-order valence-electron chi connectivity index (χ3n) is 3.72. The molecule has 0 bridgehead atoms. The lowest BCUT2D eigenvalue weighted by Gasteiger charge is -2.13. The number of hydrogen-bond donors (Lipinski definition) is 1. The van der Waals surface area contributed by atoms with Gasteiger partial charge in [0.05, 0.1) is 17.3 Å². The van der Waals surface area contributed by atoms with E-state index in [0.717, 1.165) is 17.3 Å². The Hall–Kier alpha value is -2.62. The summed E-state index contributed by atoms with van der Waals surface area (Å²) < 4.78 is 5.41. The molecule has 1 N–H and O–H groups in total. The van der Waals surface area contributed by atoms with Gasteiger partial charge in [-0.05, 0) is 37.6 Å². The van der Waals surface area contributed by atoms with Gasteiger partial charge in [0.2, 0.25) is 0 Å². The average Bonchev–Trinajstić information content (AvgIpc) is 3.08. The van der Waals surface area contributed by atoms with Crippen LogP contribution in [0.15, 0.2) is 53.1 Å². The molecule has 3 aromatic rings. The Balaban J connectivity index is 2.12. The molecule has 1 amide bonds. The fourth-order valence-corrected chi connectivity index (χ4v) is 2.32. The van der Waals surface area contributed by atoms with Crippen molar-refractivity contribution in [1.82, 2.24) is 10.3 Å². The van der Waals surface area contributed by atoms with E-state index in [1.54, 1.807) is 12.3 Å². The van der Waals surface area contributed by atoms with Crippen LogP contribution >= 0.6 is 0 Å². The number of hydrogen-bond acceptors (Lipinski definition) is 3. The summed E-state index contributed by atoms with van der Waals surface area (Å²) in [6.07, 6.45) is 2.49. The maximum absolute atomic E-state index is 12.6. The van der Waals surface area contributed by atoms with Gasteiger partial charge in [-0.2, -0.15) is 0 Å². The molecule has 4 heteroatoms. The van der Waals surface area contributed by atoms with E-state index in [-0.39, 0.29) is 11.9 Å². The van der Waals surface area contributed by atoms with Gasteiger partial charge in [0.25, 0.3) is 5.91 Å². The number of furan rings is 1. The highest BCUT2D eigenvalue weighted by atomic mass is 16.3.